The first kappa shape index (κ1) is 14.8. The van der Waals surface area contributed by atoms with Crippen LogP contribution in [0.2, 0.25) is 0 Å². The van der Waals surface area contributed by atoms with Crippen LogP contribution in [0.25, 0.3) is 10.3 Å². The summed E-state index contributed by atoms with van der Waals surface area (Å²) >= 11 is 4.79. The van der Waals surface area contributed by atoms with E-state index < -0.39 is 0 Å². The predicted octanol–water partition coefficient (Wildman–Crippen LogP) is 2.89. The fraction of sp³-hybridized carbons (Fsp3) is 0.333. The molecule has 2 heterocycles. The van der Waals surface area contributed by atoms with Crippen LogP contribution >= 0.6 is 37.9 Å². The zero-order valence-electron chi connectivity index (χ0n) is 10.7. The molecule has 2 rings (SSSR count). The molecule has 104 valence electrons. The molecule has 1 N–H and O–H groups in total. The number of fused-ring (bicyclic) bond motifs is 1. The van der Waals surface area contributed by atoms with Gasteiger partial charge in [-0.25, -0.2) is 0 Å². The number of thiophene rings is 1. The first-order valence-electron chi connectivity index (χ1n) is 5.60. The molecular weight excluding hydrogens is 348 g/mol. The fourth-order valence-corrected chi connectivity index (χ4v) is 3.48. The average molecular weight is 363 g/mol. The molecule has 2 aromatic heterocycles. The van der Waals surface area contributed by atoms with Crippen LogP contribution in [-0.2, 0) is 0 Å². The lowest BCUT2D eigenvalue weighted by atomic mass is 10.4. The SMILES string of the molecule is C=S(C)NCCN(C)c1cc(=O)c2scc(Br)c2o1. The molecule has 0 saturated carbocycles. The Balaban J connectivity index is 2.22. The van der Waals surface area contributed by atoms with E-state index in [0.717, 1.165) is 17.6 Å². The van der Waals surface area contributed by atoms with Gasteiger partial charge in [0.2, 0.25) is 5.43 Å². The number of rotatable bonds is 5. The Morgan fingerprint density at radius 3 is 3.05 bits per heavy atom. The van der Waals surface area contributed by atoms with E-state index in [4.69, 9.17) is 4.42 Å². The van der Waals surface area contributed by atoms with Crippen molar-refractivity contribution < 1.29 is 4.42 Å². The third-order valence-electron chi connectivity index (χ3n) is 2.56. The Morgan fingerprint density at radius 2 is 2.37 bits per heavy atom. The van der Waals surface area contributed by atoms with E-state index in [1.165, 1.54) is 11.3 Å². The lowest BCUT2D eigenvalue weighted by molar-refractivity contribution is 0.584. The van der Waals surface area contributed by atoms with Crippen LogP contribution in [0.4, 0.5) is 5.88 Å². The molecule has 0 bridgehead atoms. The van der Waals surface area contributed by atoms with Crippen molar-refractivity contribution in [2.45, 2.75) is 0 Å². The van der Waals surface area contributed by atoms with E-state index >= 15 is 0 Å². The number of hydrogen-bond acceptors (Lipinski definition) is 5. The van der Waals surface area contributed by atoms with Crippen LogP contribution in [0.5, 0.6) is 0 Å². The largest absolute Gasteiger partial charge is 0.438 e. The van der Waals surface area contributed by atoms with Gasteiger partial charge in [-0.1, -0.05) is 5.87 Å². The van der Waals surface area contributed by atoms with E-state index in [1.807, 2.05) is 23.6 Å². The molecule has 7 heteroatoms. The van der Waals surface area contributed by atoms with Gasteiger partial charge in [0.1, 0.15) is 4.70 Å². The molecule has 0 aliphatic heterocycles. The number of nitrogens with zero attached hydrogens (tertiary/aromatic N) is 1. The zero-order chi connectivity index (χ0) is 14.0. The van der Waals surface area contributed by atoms with Crippen LogP contribution in [0.3, 0.4) is 0 Å². The summed E-state index contributed by atoms with van der Waals surface area (Å²) in [6.45, 7) is 1.55. The number of hydrogen-bond donors (Lipinski definition) is 1. The van der Waals surface area contributed by atoms with E-state index in [2.05, 4.69) is 26.5 Å². The summed E-state index contributed by atoms with van der Waals surface area (Å²) in [5.41, 5.74) is 0.624. The number of anilines is 1. The maximum Gasteiger partial charge on any atom is 0.204 e. The molecule has 4 nitrogen and oxygen atoms in total. The summed E-state index contributed by atoms with van der Waals surface area (Å²) < 4.78 is 10.5. The maximum atomic E-state index is 12.0. The van der Waals surface area contributed by atoms with Gasteiger partial charge >= 0.3 is 0 Å². The van der Waals surface area contributed by atoms with Crippen LogP contribution in [0.15, 0.2) is 25.1 Å². The lowest BCUT2D eigenvalue weighted by Gasteiger charge is -2.17. The summed E-state index contributed by atoms with van der Waals surface area (Å²) in [7, 11) is 1.87. The van der Waals surface area contributed by atoms with E-state index in [9.17, 15) is 4.79 Å². The monoisotopic (exact) mass is 362 g/mol. The number of halogens is 1. The molecule has 1 unspecified atom stereocenters. The minimum atomic E-state index is -0.0371. The van der Waals surface area contributed by atoms with Crippen molar-refractivity contribution in [3.8, 4) is 0 Å². The minimum Gasteiger partial charge on any atom is -0.438 e. The molecule has 0 spiro atoms. The van der Waals surface area contributed by atoms with Gasteiger partial charge in [0.15, 0.2) is 11.5 Å². The highest BCUT2D eigenvalue weighted by atomic mass is 79.9. The van der Waals surface area contributed by atoms with Gasteiger partial charge in [0.05, 0.1) is 4.47 Å². The standard InChI is InChI=1S/C12H15BrN2O2S2/c1-15(5-4-14-19(2)3)10-6-9(16)12-11(17-10)8(13)7-18-12/h6-7,14H,2,4-5H2,1,3H3. The van der Waals surface area contributed by atoms with Crippen molar-refractivity contribution in [2.24, 2.45) is 0 Å². The summed E-state index contributed by atoms with van der Waals surface area (Å²) in [4.78, 5) is 13.9. The predicted molar refractivity (Wildman–Crippen MR) is 90.0 cm³/mol. The van der Waals surface area contributed by atoms with Gasteiger partial charge < -0.3 is 9.32 Å². The molecule has 0 fully saturated rings. The second-order valence-electron chi connectivity index (χ2n) is 4.14. The summed E-state index contributed by atoms with van der Waals surface area (Å²) in [6.07, 6.45) is 2.02. The summed E-state index contributed by atoms with van der Waals surface area (Å²) in [5, 5.41) is 1.87. The number of likely N-dealkylation sites (N-methyl/N-ethyl adjacent to an activating group) is 1. The Morgan fingerprint density at radius 1 is 1.63 bits per heavy atom. The van der Waals surface area contributed by atoms with Crippen LogP contribution in [0, 0.1) is 0 Å². The molecule has 1 atom stereocenters. The Labute approximate surface area is 126 Å². The third kappa shape index (κ3) is 3.47. The van der Waals surface area contributed by atoms with Crippen LogP contribution in [-0.4, -0.2) is 32.3 Å². The fourth-order valence-electron chi connectivity index (χ4n) is 1.59. The van der Waals surface area contributed by atoms with E-state index in [-0.39, 0.29) is 16.1 Å². The van der Waals surface area contributed by atoms with Crippen molar-refractivity contribution in [2.75, 3.05) is 31.3 Å². The Bertz CT molecular complexity index is 665. The highest BCUT2D eigenvalue weighted by Crippen LogP contribution is 2.30. The second-order valence-corrected chi connectivity index (χ2v) is 7.44. The third-order valence-corrected chi connectivity index (χ3v) is 5.13. The lowest BCUT2D eigenvalue weighted by Crippen LogP contribution is -2.27. The highest BCUT2D eigenvalue weighted by Gasteiger charge is 2.12. The minimum absolute atomic E-state index is 0.000777. The van der Waals surface area contributed by atoms with Gasteiger partial charge in [-0.3, -0.25) is 9.52 Å². The molecule has 0 aromatic carbocycles. The van der Waals surface area contributed by atoms with Gasteiger partial charge in [-0.05, 0) is 22.2 Å². The molecule has 0 amide bonds. The van der Waals surface area contributed by atoms with E-state index in [1.54, 1.807) is 6.07 Å². The molecule has 0 aliphatic rings. The first-order chi connectivity index (χ1) is 8.99. The van der Waals surface area contributed by atoms with Gasteiger partial charge in [0, 0.05) is 31.6 Å². The Kier molecular flexibility index (Phi) is 4.83. The van der Waals surface area contributed by atoms with Gasteiger partial charge in [-0.2, -0.15) is 0 Å². The summed E-state index contributed by atoms with van der Waals surface area (Å²) in [5.74, 6) is 4.47. The van der Waals surface area contributed by atoms with Crippen molar-refractivity contribution >= 4 is 60.0 Å². The molecule has 0 aliphatic carbocycles. The van der Waals surface area contributed by atoms with Crippen molar-refractivity contribution in [3.63, 3.8) is 0 Å². The first-order valence-corrected chi connectivity index (χ1v) is 9.07. The smallest absolute Gasteiger partial charge is 0.204 e. The van der Waals surface area contributed by atoms with Gasteiger partial charge in [-0.15, -0.1) is 22.0 Å². The normalized spacial score (nSPS) is 12.8. The molecule has 2 aromatic rings. The van der Waals surface area contributed by atoms with E-state index in [0.29, 0.717) is 16.2 Å². The number of nitrogens with one attached hydrogen (secondary N) is 1. The van der Waals surface area contributed by atoms with Crippen LogP contribution in [0.1, 0.15) is 0 Å². The quantitative estimate of drug-likeness (QED) is 0.830. The Hall–Kier alpha value is -0.630. The van der Waals surface area contributed by atoms with Crippen molar-refractivity contribution in [1.82, 2.24) is 4.72 Å². The van der Waals surface area contributed by atoms with Crippen molar-refractivity contribution in [1.29, 1.82) is 0 Å². The topological polar surface area (TPSA) is 45.5 Å². The molecule has 19 heavy (non-hydrogen) atoms. The average Bonchev–Trinajstić information content (AvgIpc) is 2.71. The second kappa shape index (κ2) is 6.21. The highest BCUT2D eigenvalue weighted by molar-refractivity contribution is 9.10. The molecular formula is C12H15BrN2O2S2. The molecule has 0 radical (unpaired) electrons. The van der Waals surface area contributed by atoms with Crippen LogP contribution < -0.4 is 15.1 Å². The zero-order valence-corrected chi connectivity index (χ0v) is 14.0. The maximum absolute atomic E-state index is 12.0. The van der Waals surface area contributed by atoms with Crippen molar-refractivity contribution in [3.05, 3.63) is 26.1 Å². The van der Waals surface area contributed by atoms with Gasteiger partial charge in [0.25, 0.3) is 0 Å². The molecule has 0 saturated heterocycles. The summed E-state index contributed by atoms with van der Waals surface area (Å²) in [6, 6.07) is 1.54.